The number of esters is 1. The van der Waals surface area contributed by atoms with Crippen molar-refractivity contribution in [3.05, 3.63) is 51.4 Å². The zero-order chi connectivity index (χ0) is 14.0. The lowest BCUT2D eigenvalue weighted by molar-refractivity contribution is 0.0525. The number of nitrogens with one attached hydrogen (secondary N) is 1. The molecule has 100 valence electrons. The van der Waals surface area contributed by atoms with Crippen LogP contribution in [-0.4, -0.2) is 22.4 Å². The Morgan fingerprint density at radius 1 is 1.32 bits per heavy atom. The number of nitrogens with zero attached hydrogens (tertiary/aromatic N) is 1. The minimum absolute atomic E-state index is 0.0140. The van der Waals surface area contributed by atoms with E-state index in [1.54, 1.807) is 6.92 Å². The number of rotatable bonds is 3. The zero-order valence-electron chi connectivity index (χ0n) is 11.2. The van der Waals surface area contributed by atoms with Crippen LogP contribution in [-0.2, 0) is 4.74 Å². The molecule has 2 aromatic rings. The van der Waals surface area contributed by atoms with E-state index in [1.165, 1.54) is 10.9 Å². The summed E-state index contributed by atoms with van der Waals surface area (Å²) in [5.74, 6) is -0.605. The van der Waals surface area contributed by atoms with Gasteiger partial charge in [-0.05, 0) is 44.0 Å². The molecule has 0 aliphatic carbocycles. The fourth-order valence-electron chi connectivity index (χ4n) is 1.78. The van der Waals surface area contributed by atoms with E-state index in [0.717, 1.165) is 11.1 Å². The van der Waals surface area contributed by atoms with Crippen molar-refractivity contribution in [2.75, 3.05) is 6.61 Å². The first-order chi connectivity index (χ1) is 9.04. The number of carbonyl (C=O) groups is 1. The minimum Gasteiger partial charge on any atom is -0.462 e. The van der Waals surface area contributed by atoms with Gasteiger partial charge in [0.25, 0.3) is 5.56 Å². The highest BCUT2D eigenvalue weighted by molar-refractivity contribution is 5.88. The SMILES string of the molecule is CCOC(=O)c1c[nH]n(-c2ccc(C)c(C)c2)c1=O. The quantitative estimate of drug-likeness (QED) is 0.858. The van der Waals surface area contributed by atoms with E-state index in [-0.39, 0.29) is 12.2 Å². The van der Waals surface area contributed by atoms with Crippen molar-refractivity contribution in [1.29, 1.82) is 0 Å². The normalized spacial score (nSPS) is 10.5. The summed E-state index contributed by atoms with van der Waals surface area (Å²) in [6.45, 7) is 5.92. The minimum atomic E-state index is -0.605. The molecule has 5 heteroatoms. The highest BCUT2D eigenvalue weighted by atomic mass is 16.5. The number of aromatic nitrogens is 2. The van der Waals surface area contributed by atoms with Crippen molar-refractivity contribution in [2.45, 2.75) is 20.8 Å². The summed E-state index contributed by atoms with van der Waals surface area (Å²) in [6, 6.07) is 5.65. The molecular formula is C14H16N2O3. The Balaban J connectivity index is 2.44. The average Bonchev–Trinajstić information content (AvgIpc) is 2.75. The van der Waals surface area contributed by atoms with Crippen LogP contribution in [0.3, 0.4) is 0 Å². The molecule has 0 amide bonds. The third-order valence-corrected chi connectivity index (χ3v) is 3.02. The molecule has 0 saturated heterocycles. The molecule has 5 nitrogen and oxygen atoms in total. The maximum atomic E-state index is 12.1. The van der Waals surface area contributed by atoms with Crippen LogP contribution in [0.2, 0.25) is 0 Å². The Bertz CT molecular complexity index is 668. The summed E-state index contributed by atoms with van der Waals surface area (Å²) in [7, 11) is 0. The molecular weight excluding hydrogens is 244 g/mol. The summed E-state index contributed by atoms with van der Waals surface area (Å²) in [5.41, 5.74) is 2.54. The third-order valence-electron chi connectivity index (χ3n) is 3.02. The van der Waals surface area contributed by atoms with Crippen LogP contribution < -0.4 is 5.56 Å². The molecule has 1 aromatic heterocycles. The largest absolute Gasteiger partial charge is 0.462 e. The molecule has 0 aliphatic rings. The summed E-state index contributed by atoms with van der Waals surface area (Å²) >= 11 is 0. The molecule has 0 unspecified atom stereocenters. The summed E-state index contributed by atoms with van der Waals surface area (Å²) in [4.78, 5) is 23.7. The van der Waals surface area contributed by atoms with E-state index in [4.69, 9.17) is 4.74 Å². The third kappa shape index (κ3) is 2.45. The second-order valence-electron chi connectivity index (χ2n) is 4.32. The van der Waals surface area contributed by atoms with Gasteiger partial charge in [-0.2, -0.15) is 0 Å². The Hall–Kier alpha value is -2.30. The Kier molecular flexibility index (Phi) is 3.55. The van der Waals surface area contributed by atoms with Gasteiger partial charge in [0.15, 0.2) is 0 Å². The monoisotopic (exact) mass is 260 g/mol. The molecule has 1 heterocycles. The van der Waals surface area contributed by atoms with E-state index < -0.39 is 11.5 Å². The van der Waals surface area contributed by atoms with E-state index >= 15 is 0 Å². The fraction of sp³-hybridized carbons (Fsp3) is 0.286. The standard InChI is InChI=1S/C14H16N2O3/c1-4-19-14(18)12-8-15-16(13(12)17)11-6-5-9(2)10(3)7-11/h5-8,15H,4H2,1-3H3. The van der Waals surface area contributed by atoms with Crippen LogP contribution in [0.5, 0.6) is 0 Å². The number of hydrogen-bond donors (Lipinski definition) is 1. The summed E-state index contributed by atoms with van der Waals surface area (Å²) < 4.78 is 6.16. The molecule has 2 rings (SSSR count). The van der Waals surface area contributed by atoms with Crippen LogP contribution in [0.25, 0.3) is 5.69 Å². The van der Waals surface area contributed by atoms with Gasteiger partial charge in [-0.3, -0.25) is 9.89 Å². The van der Waals surface area contributed by atoms with Gasteiger partial charge in [-0.15, -0.1) is 0 Å². The molecule has 1 N–H and O–H groups in total. The molecule has 0 radical (unpaired) electrons. The molecule has 1 aromatic carbocycles. The second kappa shape index (κ2) is 5.14. The van der Waals surface area contributed by atoms with Crippen LogP contribution in [0.4, 0.5) is 0 Å². The first-order valence-corrected chi connectivity index (χ1v) is 6.09. The van der Waals surface area contributed by atoms with E-state index in [1.807, 2.05) is 32.0 Å². The topological polar surface area (TPSA) is 64.1 Å². The lowest BCUT2D eigenvalue weighted by Crippen LogP contribution is -2.21. The number of ether oxygens (including phenoxy) is 1. The molecule has 0 bridgehead atoms. The number of H-pyrrole nitrogens is 1. The number of aryl methyl sites for hydroxylation is 2. The number of aromatic amines is 1. The van der Waals surface area contributed by atoms with Crippen molar-refractivity contribution in [1.82, 2.24) is 9.78 Å². The van der Waals surface area contributed by atoms with Crippen molar-refractivity contribution < 1.29 is 9.53 Å². The molecule has 0 saturated carbocycles. The van der Waals surface area contributed by atoms with Crippen molar-refractivity contribution in [3.8, 4) is 5.69 Å². The summed E-state index contributed by atoms with van der Waals surface area (Å²) in [5, 5.41) is 2.78. The Labute approximate surface area is 110 Å². The van der Waals surface area contributed by atoms with Gasteiger partial charge in [0.05, 0.1) is 12.3 Å². The maximum Gasteiger partial charge on any atom is 0.345 e. The first kappa shape index (κ1) is 13.1. The van der Waals surface area contributed by atoms with Gasteiger partial charge in [0, 0.05) is 6.20 Å². The Morgan fingerprint density at radius 2 is 2.05 bits per heavy atom. The van der Waals surface area contributed by atoms with Gasteiger partial charge in [0.2, 0.25) is 0 Å². The lowest BCUT2D eigenvalue weighted by atomic mass is 10.1. The van der Waals surface area contributed by atoms with E-state index in [2.05, 4.69) is 5.10 Å². The molecule has 19 heavy (non-hydrogen) atoms. The van der Waals surface area contributed by atoms with Crippen molar-refractivity contribution in [3.63, 3.8) is 0 Å². The van der Waals surface area contributed by atoms with Crippen LogP contribution >= 0.6 is 0 Å². The first-order valence-electron chi connectivity index (χ1n) is 6.09. The number of hydrogen-bond acceptors (Lipinski definition) is 3. The van der Waals surface area contributed by atoms with E-state index in [9.17, 15) is 9.59 Å². The molecule has 0 spiro atoms. The molecule has 0 atom stereocenters. The van der Waals surface area contributed by atoms with Gasteiger partial charge in [-0.25, -0.2) is 9.48 Å². The van der Waals surface area contributed by atoms with Gasteiger partial charge < -0.3 is 4.74 Å². The van der Waals surface area contributed by atoms with Crippen LogP contribution in [0.15, 0.2) is 29.2 Å². The average molecular weight is 260 g/mol. The highest BCUT2D eigenvalue weighted by Crippen LogP contribution is 2.12. The second-order valence-corrected chi connectivity index (χ2v) is 4.32. The highest BCUT2D eigenvalue weighted by Gasteiger charge is 2.16. The molecule has 0 fully saturated rings. The van der Waals surface area contributed by atoms with Crippen molar-refractivity contribution in [2.24, 2.45) is 0 Å². The van der Waals surface area contributed by atoms with Gasteiger partial charge in [-0.1, -0.05) is 6.07 Å². The smallest absolute Gasteiger partial charge is 0.345 e. The number of benzene rings is 1. The zero-order valence-corrected chi connectivity index (χ0v) is 11.2. The van der Waals surface area contributed by atoms with E-state index in [0.29, 0.717) is 5.69 Å². The van der Waals surface area contributed by atoms with Gasteiger partial charge >= 0.3 is 5.97 Å². The number of carbonyl (C=O) groups excluding carboxylic acids is 1. The van der Waals surface area contributed by atoms with Gasteiger partial charge in [0.1, 0.15) is 5.56 Å². The lowest BCUT2D eigenvalue weighted by Gasteiger charge is -2.05. The van der Waals surface area contributed by atoms with Crippen LogP contribution in [0, 0.1) is 13.8 Å². The van der Waals surface area contributed by atoms with Crippen molar-refractivity contribution >= 4 is 5.97 Å². The summed E-state index contributed by atoms with van der Waals surface area (Å²) in [6.07, 6.45) is 1.37. The van der Waals surface area contributed by atoms with Crippen LogP contribution in [0.1, 0.15) is 28.4 Å². The fourth-order valence-corrected chi connectivity index (χ4v) is 1.78. The maximum absolute atomic E-state index is 12.1. The molecule has 0 aliphatic heterocycles. The predicted octanol–water partition coefficient (Wildman–Crippen LogP) is 1.96. The predicted molar refractivity (Wildman–Crippen MR) is 71.8 cm³/mol. The Morgan fingerprint density at radius 3 is 2.68 bits per heavy atom.